The van der Waals surface area contributed by atoms with E-state index >= 15 is 0 Å². The van der Waals surface area contributed by atoms with Crippen LogP contribution in [0.2, 0.25) is 0 Å². The number of carbonyl (C=O) groups is 1. The van der Waals surface area contributed by atoms with Crippen LogP contribution in [-0.2, 0) is 15.7 Å². The number of ether oxygens (including phenoxy) is 1. The van der Waals surface area contributed by atoms with Crippen LogP contribution in [0.25, 0.3) is 0 Å². The molecule has 0 spiro atoms. The van der Waals surface area contributed by atoms with Crippen molar-refractivity contribution in [2.75, 3.05) is 33.3 Å². The molecule has 2 aliphatic heterocycles. The first kappa shape index (κ1) is 20.1. The number of aliphatic hydroxyl groups is 2. The molecule has 3 unspecified atom stereocenters. The van der Waals surface area contributed by atoms with E-state index < -0.39 is 36.1 Å². The molecule has 27 heavy (non-hydrogen) atoms. The number of esters is 1. The van der Waals surface area contributed by atoms with E-state index in [2.05, 4.69) is 0 Å². The summed E-state index contributed by atoms with van der Waals surface area (Å²) in [6, 6.07) is 4.91. The highest BCUT2D eigenvalue weighted by Gasteiger charge is 2.40. The number of nitrogens with zero attached hydrogens (tertiary/aromatic N) is 2. The van der Waals surface area contributed by atoms with Crippen LogP contribution in [0.1, 0.15) is 23.5 Å². The Morgan fingerprint density at radius 3 is 2.26 bits per heavy atom. The number of alkyl halides is 3. The van der Waals surface area contributed by atoms with E-state index in [1.54, 1.807) is 9.80 Å². The van der Waals surface area contributed by atoms with Crippen molar-refractivity contribution in [2.24, 2.45) is 5.92 Å². The summed E-state index contributed by atoms with van der Waals surface area (Å²) in [7, 11) is 1.29. The van der Waals surface area contributed by atoms with E-state index in [1.807, 2.05) is 0 Å². The van der Waals surface area contributed by atoms with Crippen LogP contribution in [-0.4, -0.2) is 71.7 Å². The van der Waals surface area contributed by atoms with E-state index in [1.165, 1.54) is 19.2 Å². The number of hydrogen-bond donors (Lipinski definition) is 2. The van der Waals surface area contributed by atoms with Crippen molar-refractivity contribution in [1.29, 1.82) is 0 Å². The molecule has 2 N–H and O–H groups in total. The molecule has 0 amide bonds. The van der Waals surface area contributed by atoms with E-state index in [4.69, 9.17) is 4.74 Å². The highest BCUT2D eigenvalue weighted by Crippen LogP contribution is 2.35. The van der Waals surface area contributed by atoms with Crippen molar-refractivity contribution in [3.05, 3.63) is 35.4 Å². The maximum atomic E-state index is 12.8. The second-order valence-corrected chi connectivity index (χ2v) is 7.18. The minimum atomic E-state index is -4.40. The summed E-state index contributed by atoms with van der Waals surface area (Å²) in [5.41, 5.74) is -0.0458. The van der Waals surface area contributed by atoms with Crippen molar-refractivity contribution in [3.63, 3.8) is 0 Å². The fourth-order valence-corrected chi connectivity index (χ4v) is 3.75. The minimum absolute atomic E-state index is 0.217. The molecule has 0 bridgehead atoms. The molecule has 150 valence electrons. The summed E-state index contributed by atoms with van der Waals surface area (Å²) in [5.74, 6) is -1.12. The number of rotatable bonds is 4. The number of β-amino-alcohol motifs (C(OH)–C–C–N with tert-alkyl or cyclic N) is 1. The molecule has 3 rings (SSSR count). The first-order chi connectivity index (χ1) is 12.7. The number of hydrogen-bond acceptors (Lipinski definition) is 6. The Labute approximate surface area is 155 Å². The molecule has 2 fully saturated rings. The molecular formula is C18H23F3N2O4. The van der Waals surface area contributed by atoms with Crippen LogP contribution < -0.4 is 0 Å². The molecule has 0 radical (unpaired) electrons. The molecule has 0 aromatic heterocycles. The number of carbonyl (C=O) groups excluding carboxylic acids is 1. The number of methoxy groups -OCH3 is 1. The average molecular weight is 388 g/mol. The molecule has 1 aromatic carbocycles. The van der Waals surface area contributed by atoms with Crippen LogP contribution >= 0.6 is 0 Å². The Morgan fingerprint density at radius 2 is 1.74 bits per heavy atom. The summed E-state index contributed by atoms with van der Waals surface area (Å²) in [5, 5.41) is 20.0. The summed E-state index contributed by atoms with van der Waals surface area (Å²) < 4.78 is 43.2. The molecular weight excluding hydrogens is 365 g/mol. The van der Waals surface area contributed by atoms with E-state index in [0.29, 0.717) is 31.6 Å². The van der Waals surface area contributed by atoms with E-state index in [9.17, 15) is 28.2 Å². The van der Waals surface area contributed by atoms with Crippen LogP contribution in [0.5, 0.6) is 0 Å². The molecule has 2 aliphatic rings. The van der Waals surface area contributed by atoms with Crippen LogP contribution in [0.15, 0.2) is 24.3 Å². The van der Waals surface area contributed by atoms with Crippen molar-refractivity contribution < 1.29 is 32.9 Å². The van der Waals surface area contributed by atoms with E-state index in [0.717, 1.165) is 12.1 Å². The van der Waals surface area contributed by atoms with Crippen molar-refractivity contribution in [2.45, 2.75) is 31.0 Å². The lowest BCUT2D eigenvalue weighted by Gasteiger charge is -2.47. The summed E-state index contributed by atoms with van der Waals surface area (Å²) >= 11 is 0. The first-order valence-electron chi connectivity index (χ1n) is 8.78. The predicted octanol–water partition coefficient (Wildman–Crippen LogP) is 1.24. The number of piperidine rings is 1. The molecule has 1 aromatic rings. The SMILES string of the molecule is COC(=O)C1CC(c2ccc(C(F)(F)F)cc2)CN(C(O)N2CC(O)C2)C1. The first-order valence-corrected chi connectivity index (χ1v) is 8.78. The average Bonchev–Trinajstić information content (AvgIpc) is 2.63. The molecule has 2 heterocycles. The Kier molecular flexibility index (Phi) is 5.76. The van der Waals surface area contributed by atoms with Crippen LogP contribution in [0.4, 0.5) is 13.2 Å². The fourth-order valence-electron chi connectivity index (χ4n) is 3.75. The zero-order chi connectivity index (χ0) is 19.8. The fraction of sp³-hybridized carbons (Fsp3) is 0.611. The van der Waals surface area contributed by atoms with Gasteiger partial charge in [-0.25, -0.2) is 0 Å². The highest BCUT2D eigenvalue weighted by molar-refractivity contribution is 5.72. The molecule has 6 nitrogen and oxygen atoms in total. The van der Waals surface area contributed by atoms with Gasteiger partial charge in [0.15, 0.2) is 6.35 Å². The smallest absolute Gasteiger partial charge is 0.416 e. The van der Waals surface area contributed by atoms with Crippen molar-refractivity contribution in [3.8, 4) is 0 Å². The molecule has 0 aliphatic carbocycles. The van der Waals surface area contributed by atoms with Gasteiger partial charge < -0.3 is 14.9 Å². The Balaban J connectivity index is 1.77. The van der Waals surface area contributed by atoms with Gasteiger partial charge in [0, 0.05) is 26.2 Å². The number of aliphatic hydroxyl groups excluding tert-OH is 2. The van der Waals surface area contributed by atoms with Gasteiger partial charge in [0.1, 0.15) is 0 Å². The number of halogens is 3. The number of likely N-dealkylation sites (tertiary alicyclic amines) is 2. The lowest BCUT2D eigenvalue weighted by atomic mass is 9.84. The van der Waals surface area contributed by atoms with Gasteiger partial charge >= 0.3 is 12.1 Å². The lowest BCUT2D eigenvalue weighted by Crippen LogP contribution is -2.62. The Morgan fingerprint density at radius 1 is 1.15 bits per heavy atom. The largest absolute Gasteiger partial charge is 0.469 e. The van der Waals surface area contributed by atoms with E-state index in [-0.39, 0.29) is 12.5 Å². The van der Waals surface area contributed by atoms with Gasteiger partial charge in [-0.2, -0.15) is 13.2 Å². The zero-order valence-electron chi connectivity index (χ0n) is 14.9. The second kappa shape index (κ2) is 7.75. The quantitative estimate of drug-likeness (QED) is 0.757. The Hall–Kier alpha value is -1.68. The standard InChI is InChI=1S/C18H23F3N2O4/c1-27-16(25)13-6-12(11-2-4-14(5-3-11)18(19,20)21)7-22(8-13)17(26)23-9-15(24)10-23/h2-5,12-13,15,17,24,26H,6-10H2,1H3. The predicted molar refractivity (Wildman–Crippen MR) is 89.5 cm³/mol. The highest BCUT2D eigenvalue weighted by atomic mass is 19.4. The van der Waals surface area contributed by atoms with Gasteiger partial charge in [0.05, 0.1) is 24.7 Å². The molecule has 3 atom stereocenters. The summed E-state index contributed by atoms with van der Waals surface area (Å²) in [4.78, 5) is 15.5. The second-order valence-electron chi connectivity index (χ2n) is 7.18. The monoisotopic (exact) mass is 388 g/mol. The van der Waals surface area contributed by atoms with Gasteiger partial charge in [-0.15, -0.1) is 0 Å². The maximum absolute atomic E-state index is 12.8. The van der Waals surface area contributed by atoms with Crippen LogP contribution in [0.3, 0.4) is 0 Å². The maximum Gasteiger partial charge on any atom is 0.416 e. The van der Waals surface area contributed by atoms with Gasteiger partial charge in [0.25, 0.3) is 0 Å². The third-order valence-electron chi connectivity index (χ3n) is 5.27. The van der Waals surface area contributed by atoms with Gasteiger partial charge in [-0.3, -0.25) is 14.6 Å². The molecule has 9 heteroatoms. The van der Waals surface area contributed by atoms with Gasteiger partial charge in [0.2, 0.25) is 0 Å². The normalized spacial score (nSPS) is 26.4. The zero-order valence-corrected chi connectivity index (χ0v) is 14.9. The Bertz CT molecular complexity index is 662. The summed E-state index contributed by atoms with van der Waals surface area (Å²) in [6.07, 6.45) is -5.41. The topological polar surface area (TPSA) is 73.2 Å². The third-order valence-corrected chi connectivity index (χ3v) is 5.27. The summed E-state index contributed by atoms with van der Waals surface area (Å²) in [6.45, 7) is 1.36. The van der Waals surface area contributed by atoms with Crippen molar-refractivity contribution >= 4 is 5.97 Å². The minimum Gasteiger partial charge on any atom is -0.469 e. The molecule has 0 saturated carbocycles. The molecule has 2 saturated heterocycles. The number of benzene rings is 1. The lowest BCUT2D eigenvalue weighted by molar-refractivity contribution is -0.183. The van der Waals surface area contributed by atoms with Crippen molar-refractivity contribution in [1.82, 2.24) is 9.80 Å². The van der Waals surface area contributed by atoms with Crippen LogP contribution in [0, 0.1) is 5.92 Å². The van der Waals surface area contributed by atoms with Gasteiger partial charge in [-0.05, 0) is 30.0 Å². The van der Waals surface area contributed by atoms with Gasteiger partial charge in [-0.1, -0.05) is 12.1 Å². The third kappa shape index (κ3) is 4.43.